The molecule has 0 amide bonds. The fraction of sp³-hybridized carbons (Fsp3) is 0.600. The Morgan fingerprint density at radius 2 is 1.90 bits per heavy atom. The molecule has 0 aliphatic rings. The van der Waals surface area contributed by atoms with Crippen molar-refractivity contribution in [3.63, 3.8) is 0 Å². The van der Waals surface area contributed by atoms with Crippen LogP contribution < -0.4 is 5.32 Å². The van der Waals surface area contributed by atoms with Crippen molar-refractivity contribution in [3.8, 4) is 0 Å². The molecule has 0 spiro atoms. The van der Waals surface area contributed by atoms with Gasteiger partial charge in [-0.05, 0) is 32.6 Å². The first-order valence-electron chi connectivity index (χ1n) is 7.25. The van der Waals surface area contributed by atoms with Crippen molar-refractivity contribution < 1.29 is 13.2 Å². The average molecular weight is 314 g/mol. The van der Waals surface area contributed by atoms with Crippen LogP contribution in [0.4, 0.5) is 5.69 Å². The smallest absolute Gasteiger partial charge is 0.180 e. The molecule has 1 aromatic rings. The first-order valence-corrected chi connectivity index (χ1v) is 8.90. The maximum absolute atomic E-state index is 12.2. The zero-order chi connectivity index (χ0) is 15.7. The first-order chi connectivity index (χ1) is 9.97. The Bertz CT molecular complexity index is 515. The van der Waals surface area contributed by atoms with E-state index in [9.17, 15) is 8.42 Å². The monoisotopic (exact) mass is 314 g/mol. The number of para-hydroxylation sites is 1. The molecule has 0 bridgehead atoms. The van der Waals surface area contributed by atoms with Gasteiger partial charge in [-0.1, -0.05) is 19.1 Å². The minimum atomic E-state index is -3.21. The zero-order valence-electron chi connectivity index (χ0n) is 13.1. The summed E-state index contributed by atoms with van der Waals surface area (Å²) >= 11 is 0. The van der Waals surface area contributed by atoms with Gasteiger partial charge < -0.3 is 15.0 Å². The third-order valence-corrected chi connectivity index (χ3v) is 4.91. The number of hydrogen-bond acceptors (Lipinski definition) is 5. The second kappa shape index (κ2) is 9.02. The van der Waals surface area contributed by atoms with Crippen LogP contribution in [0.25, 0.3) is 0 Å². The Kier molecular flexibility index (Phi) is 7.71. The fourth-order valence-corrected chi connectivity index (χ4v) is 3.39. The number of hydrogen-bond donors (Lipinski definition) is 1. The zero-order valence-corrected chi connectivity index (χ0v) is 13.9. The number of anilines is 1. The highest BCUT2D eigenvalue weighted by molar-refractivity contribution is 7.91. The van der Waals surface area contributed by atoms with Crippen LogP contribution in [0.3, 0.4) is 0 Å². The van der Waals surface area contributed by atoms with Crippen LogP contribution in [0.15, 0.2) is 29.2 Å². The molecular formula is C15H26N2O3S. The van der Waals surface area contributed by atoms with Crippen LogP contribution in [0.2, 0.25) is 0 Å². The summed E-state index contributed by atoms with van der Waals surface area (Å²) < 4.78 is 29.9. The molecule has 0 radical (unpaired) electrons. The molecule has 0 saturated carbocycles. The molecule has 0 unspecified atom stereocenters. The standard InChI is InChI=1S/C15H26N2O3S/c1-4-13-21(18,19)15-8-6-5-7-14(15)16-9-11-20-12-10-17(2)3/h5-8,16H,4,9-13H2,1-3H3. The van der Waals surface area contributed by atoms with Crippen LogP contribution >= 0.6 is 0 Å². The lowest BCUT2D eigenvalue weighted by Gasteiger charge is -2.13. The molecule has 1 aromatic carbocycles. The maximum Gasteiger partial charge on any atom is 0.180 e. The third kappa shape index (κ3) is 6.46. The van der Waals surface area contributed by atoms with E-state index in [1.807, 2.05) is 27.1 Å². The van der Waals surface area contributed by atoms with E-state index in [1.54, 1.807) is 18.2 Å². The summed E-state index contributed by atoms with van der Waals surface area (Å²) in [5, 5.41) is 3.15. The van der Waals surface area contributed by atoms with Crippen LogP contribution in [-0.4, -0.2) is 59.5 Å². The molecule has 0 heterocycles. The fourth-order valence-electron chi connectivity index (χ4n) is 1.87. The summed E-state index contributed by atoms with van der Waals surface area (Å²) in [6.07, 6.45) is 0.615. The van der Waals surface area contributed by atoms with Crippen molar-refractivity contribution in [3.05, 3.63) is 24.3 Å². The minimum Gasteiger partial charge on any atom is -0.382 e. The highest BCUT2D eigenvalue weighted by Crippen LogP contribution is 2.22. The maximum atomic E-state index is 12.2. The quantitative estimate of drug-likeness (QED) is 0.668. The summed E-state index contributed by atoms with van der Waals surface area (Å²) in [6, 6.07) is 7.03. The summed E-state index contributed by atoms with van der Waals surface area (Å²) in [5.41, 5.74) is 0.655. The van der Waals surface area contributed by atoms with Crippen molar-refractivity contribution in [1.29, 1.82) is 0 Å². The lowest BCUT2D eigenvalue weighted by atomic mass is 10.3. The Balaban J connectivity index is 2.52. The van der Waals surface area contributed by atoms with E-state index >= 15 is 0 Å². The lowest BCUT2D eigenvalue weighted by Crippen LogP contribution is -2.20. The second-order valence-corrected chi connectivity index (χ2v) is 7.24. The number of likely N-dealkylation sites (N-methyl/N-ethyl adjacent to an activating group) is 1. The number of nitrogens with zero attached hydrogens (tertiary/aromatic N) is 1. The first kappa shape index (κ1) is 17.9. The van der Waals surface area contributed by atoms with E-state index in [1.165, 1.54) is 0 Å². The molecule has 0 atom stereocenters. The molecule has 1 N–H and O–H groups in total. The highest BCUT2D eigenvalue weighted by atomic mass is 32.2. The predicted octanol–water partition coefficient (Wildman–Crippen LogP) is 1.86. The van der Waals surface area contributed by atoms with Gasteiger partial charge in [-0.3, -0.25) is 0 Å². The second-order valence-electron chi connectivity index (χ2n) is 5.16. The van der Waals surface area contributed by atoms with Gasteiger partial charge in [0, 0.05) is 13.1 Å². The van der Waals surface area contributed by atoms with E-state index in [4.69, 9.17) is 4.74 Å². The number of rotatable bonds is 10. The van der Waals surface area contributed by atoms with Crippen LogP contribution in [0.1, 0.15) is 13.3 Å². The van der Waals surface area contributed by atoms with Gasteiger partial charge in [0.25, 0.3) is 0 Å². The number of sulfone groups is 1. The summed E-state index contributed by atoms with van der Waals surface area (Å²) in [5.74, 6) is 0.172. The topological polar surface area (TPSA) is 58.6 Å². The Hall–Kier alpha value is -1.11. The molecular weight excluding hydrogens is 288 g/mol. The van der Waals surface area contributed by atoms with Crippen molar-refractivity contribution in [2.24, 2.45) is 0 Å². The predicted molar refractivity (Wildman–Crippen MR) is 86.6 cm³/mol. The van der Waals surface area contributed by atoms with Gasteiger partial charge in [0.1, 0.15) is 0 Å². The van der Waals surface area contributed by atoms with Gasteiger partial charge >= 0.3 is 0 Å². The van der Waals surface area contributed by atoms with Crippen LogP contribution in [-0.2, 0) is 14.6 Å². The normalized spacial score (nSPS) is 11.8. The molecule has 0 aliphatic carbocycles. The molecule has 5 nitrogen and oxygen atoms in total. The van der Waals surface area contributed by atoms with Crippen molar-refractivity contribution in [2.75, 3.05) is 51.5 Å². The van der Waals surface area contributed by atoms with E-state index in [-0.39, 0.29) is 5.75 Å². The summed E-state index contributed by atoms with van der Waals surface area (Å²) in [4.78, 5) is 2.43. The SMILES string of the molecule is CCCS(=O)(=O)c1ccccc1NCCOCCN(C)C. The van der Waals surface area contributed by atoms with E-state index in [0.29, 0.717) is 36.8 Å². The molecule has 21 heavy (non-hydrogen) atoms. The highest BCUT2D eigenvalue weighted by Gasteiger charge is 2.16. The third-order valence-electron chi connectivity index (χ3n) is 2.94. The molecule has 1 rings (SSSR count). The van der Waals surface area contributed by atoms with Crippen molar-refractivity contribution in [2.45, 2.75) is 18.2 Å². The van der Waals surface area contributed by atoms with Gasteiger partial charge in [0.05, 0.1) is 29.5 Å². The summed E-state index contributed by atoms with van der Waals surface area (Å²) in [7, 11) is 0.783. The molecule has 0 aliphatic heterocycles. The van der Waals surface area contributed by atoms with Gasteiger partial charge in [-0.15, -0.1) is 0 Å². The minimum absolute atomic E-state index is 0.172. The Labute approximate surface area is 128 Å². The summed E-state index contributed by atoms with van der Waals surface area (Å²) in [6.45, 7) is 4.56. The van der Waals surface area contributed by atoms with E-state index in [2.05, 4.69) is 10.2 Å². The van der Waals surface area contributed by atoms with E-state index < -0.39 is 9.84 Å². The van der Waals surface area contributed by atoms with E-state index in [0.717, 1.165) is 6.54 Å². The molecule has 120 valence electrons. The Morgan fingerprint density at radius 3 is 2.57 bits per heavy atom. The average Bonchev–Trinajstić information content (AvgIpc) is 2.42. The molecule has 0 saturated heterocycles. The van der Waals surface area contributed by atoms with Gasteiger partial charge in [-0.25, -0.2) is 8.42 Å². The molecule has 0 fully saturated rings. The largest absolute Gasteiger partial charge is 0.382 e. The number of benzene rings is 1. The van der Waals surface area contributed by atoms with Crippen molar-refractivity contribution >= 4 is 15.5 Å². The molecule has 0 aromatic heterocycles. The van der Waals surface area contributed by atoms with Gasteiger partial charge in [0.2, 0.25) is 0 Å². The lowest BCUT2D eigenvalue weighted by molar-refractivity contribution is 0.126. The number of ether oxygens (including phenoxy) is 1. The van der Waals surface area contributed by atoms with Gasteiger partial charge in [0.15, 0.2) is 9.84 Å². The van der Waals surface area contributed by atoms with Crippen molar-refractivity contribution in [1.82, 2.24) is 4.90 Å². The van der Waals surface area contributed by atoms with Gasteiger partial charge in [-0.2, -0.15) is 0 Å². The Morgan fingerprint density at radius 1 is 1.19 bits per heavy atom. The molecule has 6 heteroatoms. The van der Waals surface area contributed by atoms with Crippen LogP contribution in [0.5, 0.6) is 0 Å². The van der Waals surface area contributed by atoms with Crippen LogP contribution in [0, 0.1) is 0 Å². The number of nitrogens with one attached hydrogen (secondary N) is 1.